The molecule has 0 aromatic rings. The number of carbonyl (C=O) groups excluding carboxylic acids is 1. The zero-order valence-corrected chi connectivity index (χ0v) is 7.38. The molecule has 0 aromatic carbocycles. The Labute approximate surface area is 70.9 Å². The second kappa shape index (κ2) is 5.68. The third kappa shape index (κ3) is 6.04. The molecule has 0 fully saturated rings. The molecule has 2 N–H and O–H groups in total. The lowest BCUT2D eigenvalue weighted by atomic mass is 10.7. The molecule has 0 aliphatic carbocycles. The van der Waals surface area contributed by atoms with Crippen LogP contribution in [0.4, 0.5) is 4.79 Å². The topological polar surface area (TPSA) is 41.1 Å². The smallest absolute Gasteiger partial charge is 0.315 e. The molecule has 1 atom stereocenters. The largest absolute Gasteiger partial charge is 0.337 e. The number of nitrogens with one attached hydrogen (secondary N) is 2. The van der Waals surface area contributed by atoms with Crippen LogP contribution < -0.4 is 10.6 Å². The first-order valence-electron chi connectivity index (χ1n) is 2.96. The van der Waals surface area contributed by atoms with Gasteiger partial charge in [0.1, 0.15) is 5.50 Å². The van der Waals surface area contributed by atoms with E-state index in [9.17, 15) is 4.79 Å². The van der Waals surface area contributed by atoms with Crippen LogP contribution in [0.15, 0.2) is 0 Å². The summed E-state index contributed by atoms with van der Waals surface area (Å²) in [6.45, 7) is 2.24. The van der Waals surface area contributed by atoms with Gasteiger partial charge in [-0.1, -0.05) is 11.6 Å². The number of urea groups is 1. The normalized spacial score (nSPS) is 12.3. The van der Waals surface area contributed by atoms with Crippen molar-refractivity contribution >= 4 is 30.3 Å². The Morgan fingerprint density at radius 1 is 1.80 bits per heavy atom. The molecule has 0 saturated heterocycles. The van der Waals surface area contributed by atoms with Gasteiger partial charge < -0.3 is 10.6 Å². The van der Waals surface area contributed by atoms with E-state index >= 15 is 0 Å². The maximum Gasteiger partial charge on any atom is 0.315 e. The fourth-order valence-corrected chi connectivity index (χ4v) is 0.612. The molecule has 2 amide bonds. The van der Waals surface area contributed by atoms with Gasteiger partial charge in [-0.3, -0.25) is 0 Å². The van der Waals surface area contributed by atoms with E-state index in [0.717, 1.165) is 0 Å². The molecule has 10 heavy (non-hydrogen) atoms. The van der Waals surface area contributed by atoms with Crippen molar-refractivity contribution in [3.8, 4) is 0 Å². The molecule has 0 aliphatic heterocycles. The monoisotopic (exact) mass is 182 g/mol. The summed E-state index contributed by atoms with van der Waals surface area (Å²) in [5.41, 5.74) is -0.333. The van der Waals surface area contributed by atoms with E-state index in [4.69, 9.17) is 11.6 Å². The number of carbonyl (C=O) groups is 1. The van der Waals surface area contributed by atoms with E-state index in [1.54, 1.807) is 6.92 Å². The van der Waals surface area contributed by atoms with Gasteiger partial charge >= 0.3 is 6.03 Å². The summed E-state index contributed by atoms with van der Waals surface area (Å²) < 4.78 is 0. The van der Waals surface area contributed by atoms with Crippen LogP contribution in [0.1, 0.15) is 6.92 Å². The number of hydrogen-bond donors (Lipinski definition) is 3. The van der Waals surface area contributed by atoms with Crippen molar-refractivity contribution < 1.29 is 4.79 Å². The molecule has 0 rings (SSSR count). The van der Waals surface area contributed by atoms with Gasteiger partial charge in [-0.05, 0) is 6.92 Å². The summed E-state index contributed by atoms with van der Waals surface area (Å²) >= 11 is 9.37. The van der Waals surface area contributed by atoms with Gasteiger partial charge in [0.25, 0.3) is 0 Å². The second-order valence-electron chi connectivity index (χ2n) is 1.74. The van der Waals surface area contributed by atoms with E-state index < -0.39 is 0 Å². The summed E-state index contributed by atoms with van der Waals surface area (Å²) in [5.74, 6) is 0.629. The van der Waals surface area contributed by atoms with Crippen LogP contribution in [-0.4, -0.2) is 23.8 Å². The van der Waals surface area contributed by atoms with Gasteiger partial charge in [0.2, 0.25) is 0 Å². The van der Waals surface area contributed by atoms with Crippen LogP contribution in [0.5, 0.6) is 0 Å². The first-order chi connectivity index (χ1) is 4.66. The minimum absolute atomic E-state index is 0.253. The standard InChI is InChI=1S/C5H11ClN2OS/c1-4(6)8-5(9)7-2-3-10/h4,10H,2-3H2,1H3,(H2,7,8,9). The molecule has 0 radical (unpaired) electrons. The molecule has 3 nitrogen and oxygen atoms in total. The molecule has 5 heteroatoms. The van der Waals surface area contributed by atoms with Crippen molar-refractivity contribution in [3.05, 3.63) is 0 Å². The first kappa shape index (κ1) is 9.91. The molecular formula is C5H11ClN2OS. The van der Waals surface area contributed by atoms with Crippen molar-refractivity contribution in [3.63, 3.8) is 0 Å². The average Bonchev–Trinajstić information content (AvgIpc) is 1.82. The van der Waals surface area contributed by atoms with Crippen molar-refractivity contribution in [1.29, 1.82) is 0 Å². The molecule has 0 bridgehead atoms. The summed E-state index contributed by atoms with van der Waals surface area (Å²) in [5, 5.41) is 5.01. The van der Waals surface area contributed by atoms with Crippen molar-refractivity contribution in [1.82, 2.24) is 10.6 Å². The van der Waals surface area contributed by atoms with Gasteiger partial charge in [0.05, 0.1) is 0 Å². The fourth-order valence-electron chi connectivity index (χ4n) is 0.401. The van der Waals surface area contributed by atoms with Crippen molar-refractivity contribution in [2.75, 3.05) is 12.3 Å². The van der Waals surface area contributed by atoms with Crippen LogP contribution in [0, 0.1) is 0 Å². The zero-order chi connectivity index (χ0) is 7.98. The number of hydrogen-bond acceptors (Lipinski definition) is 2. The third-order valence-electron chi connectivity index (χ3n) is 0.727. The summed E-state index contributed by atoms with van der Waals surface area (Å²) in [6, 6.07) is -0.253. The van der Waals surface area contributed by atoms with Crippen LogP contribution in [0.2, 0.25) is 0 Å². The van der Waals surface area contributed by atoms with Crippen molar-refractivity contribution in [2.45, 2.75) is 12.4 Å². The average molecular weight is 183 g/mol. The highest BCUT2D eigenvalue weighted by Gasteiger charge is 2.00. The minimum Gasteiger partial charge on any atom is -0.337 e. The SMILES string of the molecule is CC(Cl)NC(=O)NCCS. The highest BCUT2D eigenvalue weighted by Crippen LogP contribution is 1.85. The maximum absolute atomic E-state index is 10.7. The van der Waals surface area contributed by atoms with Gasteiger partial charge in [-0.25, -0.2) is 4.79 Å². The number of alkyl halides is 1. The zero-order valence-electron chi connectivity index (χ0n) is 5.72. The Kier molecular flexibility index (Phi) is 5.63. The number of thiol groups is 1. The van der Waals surface area contributed by atoms with Crippen LogP contribution in [0.3, 0.4) is 0 Å². The highest BCUT2D eigenvalue weighted by atomic mass is 35.5. The van der Waals surface area contributed by atoms with Crippen molar-refractivity contribution in [2.24, 2.45) is 0 Å². The summed E-state index contributed by atoms with van der Waals surface area (Å²) in [7, 11) is 0. The van der Waals surface area contributed by atoms with E-state index in [-0.39, 0.29) is 11.5 Å². The van der Waals surface area contributed by atoms with Crippen LogP contribution >= 0.6 is 24.2 Å². The lowest BCUT2D eigenvalue weighted by Gasteiger charge is -2.06. The minimum atomic E-state index is -0.333. The number of rotatable bonds is 3. The molecule has 1 unspecified atom stereocenters. The highest BCUT2D eigenvalue weighted by molar-refractivity contribution is 7.80. The quantitative estimate of drug-likeness (QED) is 0.337. The van der Waals surface area contributed by atoms with Gasteiger partial charge in [-0.2, -0.15) is 12.6 Å². The number of amides is 2. The predicted octanol–water partition coefficient (Wildman–Crippen LogP) is 0.800. The predicted molar refractivity (Wildman–Crippen MR) is 45.7 cm³/mol. The van der Waals surface area contributed by atoms with Gasteiger partial charge in [-0.15, -0.1) is 0 Å². The fraction of sp³-hybridized carbons (Fsp3) is 0.800. The first-order valence-corrected chi connectivity index (χ1v) is 4.03. The van der Waals surface area contributed by atoms with Crippen LogP contribution in [-0.2, 0) is 0 Å². The van der Waals surface area contributed by atoms with E-state index in [0.29, 0.717) is 12.3 Å². The molecule has 0 aliphatic rings. The summed E-state index contributed by atoms with van der Waals surface area (Å²) in [6.07, 6.45) is 0. The number of halogens is 1. The van der Waals surface area contributed by atoms with E-state index in [1.165, 1.54) is 0 Å². The van der Waals surface area contributed by atoms with Gasteiger partial charge in [0, 0.05) is 12.3 Å². The third-order valence-corrected chi connectivity index (χ3v) is 1.06. The van der Waals surface area contributed by atoms with Gasteiger partial charge in [0.15, 0.2) is 0 Å². The summed E-state index contributed by atoms with van der Waals surface area (Å²) in [4.78, 5) is 10.7. The van der Waals surface area contributed by atoms with E-state index in [2.05, 4.69) is 23.3 Å². The lowest BCUT2D eigenvalue weighted by Crippen LogP contribution is -2.39. The maximum atomic E-state index is 10.7. The Morgan fingerprint density at radius 2 is 2.40 bits per heavy atom. The molecule has 0 heterocycles. The van der Waals surface area contributed by atoms with E-state index in [1.807, 2.05) is 0 Å². The Bertz CT molecular complexity index is 110. The molecule has 60 valence electrons. The second-order valence-corrected chi connectivity index (χ2v) is 2.84. The lowest BCUT2D eigenvalue weighted by molar-refractivity contribution is 0.241. The molecule has 0 saturated carbocycles. The Balaban J connectivity index is 3.26. The molecule has 0 aromatic heterocycles. The molecule has 0 spiro atoms. The van der Waals surface area contributed by atoms with Crippen LogP contribution in [0.25, 0.3) is 0 Å². The Morgan fingerprint density at radius 3 is 2.80 bits per heavy atom. The molecular weight excluding hydrogens is 172 g/mol. The Hall–Kier alpha value is -0.0900.